The quantitative estimate of drug-likeness (QED) is 0.811. The van der Waals surface area contributed by atoms with Crippen LogP contribution in [0.1, 0.15) is 61.7 Å². The lowest BCUT2D eigenvalue weighted by molar-refractivity contribution is 0.100. The van der Waals surface area contributed by atoms with Crippen LogP contribution in [0.4, 0.5) is 0 Å². The van der Waals surface area contributed by atoms with Crippen molar-refractivity contribution in [2.24, 2.45) is 0 Å². The summed E-state index contributed by atoms with van der Waals surface area (Å²) < 4.78 is 2.44. The van der Waals surface area contributed by atoms with Gasteiger partial charge in [-0.3, -0.25) is 9.88 Å². The fourth-order valence-corrected chi connectivity index (χ4v) is 4.83. The van der Waals surface area contributed by atoms with Crippen molar-refractivity contribution in [1.29, 1.82) is 0 Å². The molecule has 0 bridgehead atoms. The van der Waals surface area contributed by atoms with E-state index in [-0.39, 0.29) is 6.04 Å². The lowest BCUT2D eigenvalue weighted by atomic mass is 9.93. The second kappa shape index (κ2) is 7.67. The second-order valence-electron chi connectivity index (χ2n) is 7.73. The van der Waals surface area contributed by atoms with E-state index in [1.54, 1.807) is 0 Å². The van der Waals surface area contributed by atoms with Gasteiger partial charge in [0.25, 0.3) is 0 Å². The molecule has 2 atom stereocenters. The number of likely N-dealkylation sites (tertiary alicyclic amines) is 2. The third-order valence-electron chi connectivity index (χ3n) is 6.12. The predicted octanol–water partition coefficient (Wildman–Crippen LogP) is 4.10. The summed E-state index contributed by atoms with van der Waals surface area (Å²) in [5.41, 5.74) is 0.999. The summed E-state index contributed by atoms with van der Waals surface area (Å²) in [6, 6.07) is 4.99. The normalized spacial score (nSPS) is 26.3. The molecule has 2 aliphatic rings. The van der Waals surface area contributed by atoms with E-state index in [2.05, 4.69) is 39.6 Å². The molecule has 2 aliphatic heterocycles. The highest BCUT2D eigenvalue weighted by Crippen LogP contribution is 2.41. The summed E-state index contributed by atoms with van der Waals surface area (Å²) in [7, 11) is 4.41. The maximum Gasteiger partial charge on any atom is 0.126 e. The fraction of sp³-hybridized carbons (Fsp3) is 0.600. The molecule has 0 N–H and O–H groups in total. The molecule has 0 spiro atoms. The number of hydrogen-bond acceptors (Lipinski definition) is 4. The minimum atomic E-state index is 0.255. The van der Waals surface area contributed by atoms with Crippen molar-refractivity contribution in [3.05, 3.63) is 47.3 Å². The SMILES string of the molecule is CN1CCC(n2ccnc2[C@H]2CCC[C@@H](c3ncccc3Cl)N2C)CC1. The van der Waals surface area contributed by atoms with Gasteiger partial charge in [-0.05, 0) is 71.4 Å². The molecule has 0 radical (unpaired) electrons. The highest BCUT2D eigenvalue weighted by Gasteiger charge is 2.34. The number of imidazole rings is 1. The Kier molecular flexibility index (Phi) is 5.30. The van der Waals surface area contributed by atoms with Gasteiger partial charge in [0, 0.05) is 24.6 Å². The third kappa shape index (κ3) is 3.40. The number of aromatic nitrogens is 3. The lowest BCUT2D eigenvalue weighted by Gasteiger charge is -2.40. The van der Waals surface area contributed by atoms with E-state index in [0.717, 1.165) is 36.6 Å². The molecule has 0 saturated carbocycles. The van der Waals surface area contributed by atoms with Gasteiger partial charge in [-0.2, -0.15) is 0 Å². The predicted molar refractivity (Wildman–Crippen MR) is 104 cm³/mol. The Morgan fingerprint density at radius 2 is 1.77 bits per heavy atom. The van der Waals surface area contributed by atoms with E-state index in [9.17, 15) is 0 Å². The first-order chi connectivity index (χ1) is 12.6. The zero-order chi connectivity index (χ0) is 18.1. The van der Waals surface area contributed by atoms with Gasteiger partial charge < -0.3 is 9.47 Å². The van der Waals surface area contributed by atoms with Crippen molar-refractivity contribution in [1.82, 2.24) is 24.3 Å². The smallest absolute Gasteiger partial charge is 0.126 e. The molecule has 0 amide bonds. The number of hydrogen-bond donors (Lipinski definition) is 0. The van der Waals surface area contributed by atoms with Crippen LogP contribution < -0.4 is 0 Å². The Labute approximate surface area is 161 Å². The Hall–Kier alpha value is -1.43. The van der Waals surface area contributed by atoms with Gasteiger partial charge in [0.1, 0.15) is 5.82 Å². The number of halogens is 1. The average molecular weight is 374 g/mol. The molecule has 140 valence electrons. The van der Waals surface area contributed by atoms with Crippen LogP contribution >= 0.6 is 11.6 Å². The molecule has 2 aromatic rings. The van der Waals surface area contributed by atoms with Gasteiger partial charge in [-0.15, -0.1) is 0 Å². The largest absolute Gasteiger partial charge is 0.330 e. The number of rotatable bonds is 3. The zero-order valence-corrected chi connectivity index (χ0v) is 16.4. The molecule has 2 aromatic heterocycles. The second-order valence-corrected chi connectivity index (χ2v) is 8.13. The molecular formula is C20H28ClN5. The average Bonchev–Trinajstić information content (AvgIpc) is 3.13. The van der Waals surface area contributed by atoms with Crippen molar-refractivity contribution in [2.45, 2.75) is 50.2 Å². The number of piperidine rings is 2. The number of nitrogens with zero attached hydrogens (tertiary/aromatic N) is 5. The maximum absolute atomic E-state index is 6.45. The van der Waals surface area contributed by atoms with Gasteiger partial charge in [0.2, 0.25) is 0 Å². The van der Waals surface area contributed by atoms with Crippen molar-refractivity contribution in [3.63, 3.8) is 0 Å². The molecule has 4 rings (SSSR count). The molecule has 2 fully saturated rings. The zero-order valence-electron chi connectivity index (χ0n) is 15.7. The van der Waals surface area contributed by atoms with E-state index in [4.69, 9.17) is 16.6 Å². The molecule has 6 heteroatoms. The van der Waals surface area contributed by atoms with Gasteiger partial charge in [-0.1, -0.05) is 11.6 Å². The van der Waals surface area contributed by atoms with E-state index < -0.39 is 0 Å². The first kappa shape index (κ1) is 18.0. The van der Waals surface area contributed by atoms with Crippen LogP contribution in [0, 0.1) is 0 Å². The van der Waals surface area contributed by atoms with Crippen molar-refractivity contribution >= 4 is 11.6 Å². The highest BCUT2D eigenvalue weighted by molar-refractivity contribution is 6.31. The fourth-order valence-electron chi connectivity index (χ4n) is 4.58. The summed E-state index contributed by atoms with van der Waals surface area (Å²) >= 11 is 6.45. The Morgan fingerprint density at radius 3 is 2.54 bits per heavy atom. The van der Waals surface area contributed by atoms with E-state index in [0.29, 0.717) is 12.1 Å². The Morgan fingerprint density at radius 1 is 1.00 bits per heavy atom. The van der Waals surface area contributed by atoms with Crippen LogP contribution in [0.15, 0.2) is 30.7 Å². The van der Waals surface area contributed by atoms with Crippen LogP contribution in [-0.4, -0.2) is 51.5 Å². The summed E-state index contributed by atoms with van der Waals surface area (Å²) in [6.45, 7) is 2.32. The molecule has 0 aliphatic carbocycles. The number of pyridine rings is 1. The van der Waals surface area contributed by atoms with E-state index >= 15 is 0 Å². The van der Waals surface area contributed by atoms with Crippen molar-refractivity contribution < 1.29 is 0 Å². The van der Waals surface area contributed by atoms with Crippen molar-refractivity contribution in [3.8, 4) is 0 Å². The molecule has 0 unspecified atom stereocenters. The van der Waals surface area contributed by atoms with Crippen LogP contribution in [0.2, 0.25) is 5.02 Å². The van der Waals surface area contributed by atoms with Crippen molar-refractivity contribution in [2.75, 3.05) is 27.2 Å². The minimum absolute atomic E-state index is 0.255. The molecule has 0 aromatic carbocycles. The standard InChI is InChI=1S/C20H28ClN5/c1-24-12-8-15(9-13-24)26-14-11-23-20(26)18-7-3-6-17(25(18)2)19-16(21)5-4-10-22-19/h4-5,10-11,14-15,17-18H,3,6-9,12-13H2,1-2H3/t17-,18+/m0/s1. The summed E-state index contributed by atoms with van der Waals surface area (Å²) in [4.78, 5) is 14.2. The van der Waals surface area contributed by atoms with Crippen LogP contribution in [0.3, 0.4) is 0 Å². The minimum Gasteiger partial charge on any atom is -0.330 e. The van der Waals surface area contributed by atoms with Crippen LogP contribution in [0.5, 0.6) is 0 Å². The first-order valence-corrected chi connectivity index (χ1v) is 10.1. The molecular weight excluding hydrogens is 346 g/mol. The first-order valence-electron chi connectivity index (χ1n) is 9.68. The topological polar surface area (TPSA) is 37.2 Å². The lowest BCUT2D eigenvalue weighted by Crippen LogP contribution is -2.37. The summed E-state index contributed by atoms with van der Waals surface area (Å²) in [6.07, 6.45) is 11.8. The van der Waals surface area contributed by atoms with Gasteiger partial charge in [-0.25, -0.2) is 4.98 Å². The Bertz CT molecular complexity index is 737. The van der Waals surface area contributed by atoms with Crippen LogP contribution in [0.25, 0.3) is 0 Å². The van der Waals surface area contributed by atoms with E-state index in [1.807, 2.05) is 24.5 Å². The highest BCUT2D eigenvalue weighted by atomic mass is 35.5. The summed E-state index contributed by atoms with van der Waals surface area (Å²) in [5, 5.41) is 0.767. The molecule has 4 heterocycles. The third-order valence-corrected chi connectivity index (χ3v) is 6.44. The van der Waals surface area contributed by atoms with Gasteiger partial charge in [0.05, 0.1) is 22.8 Å². The molecule has 26 heavy (non-hydrogen) atoms. The molecule has 5 nitrogen and oxygen atoms in total. The maximum atomic E-state index is 6.45. The monoisotopic (exact) mass is 373 g/mol. The summed E-state index contributed by atoms with van der Waals surface area (Å²) in [5.74, 6) is 1.21. The molecule has 2 saturated heterocycles. The van der Waals surface area contributed by atoms with Crippen LogP contribution in [-0.2, 0) is 0 Å². The van der Waals surface area contributed by atoms with Gasteiger partial charge >= 0.3 is 0 Å². The Balaban J connectivity index is 1.58. The van der Waals surface area contributed by atoms with Gasteiger partial charge in [0.15, 0.2) is 0 Å². The van der Waals surface area contributed by atoms with E-state index in [1.165, 1.54) is 25.1 Å².